The van der Waals surface area contributed by atoms with Gasteiger partial charge in [-0.3, -0.25) is 14.3 Å². The van der Waals surface area contributed by atoms with E-state index in [4.69, 9.17) is 4.74 Å². The maximum Gasteiger partial charge on any atom is 0.330 e. The van der Waals surface area contributed by atoms with Crippen LogP contribution in [-0.2, 0) is 4.74 Å². The maximum absolute atomic E-state index is 15.1. The number of rotatable bonds is 2. The van der Waals surface area contributed by atoms with Crippen molar-refractivity contribution in [2.24, 2.45) is 0 Å². The quantitative estimate of drug-likeness (QED) is 0.598. The summed E-state index contributed by atoms with van der Waals surface area (Å²) in [6.45, 7) is 0.0971. The first kappa shape index (κ1) is 16.4. The molecule has 3 N–H and O–H groups in total. The zero-order chi connectivity index (χ0) is 16.5. The van der Waals surface area contributed by atoms with Gasteiger partial charge in [-0.1, -0.05) is 11.8 Å². The Morgan fingerprint density at radius 3 is 2.82 bits per heavy atom. The van der Waals surface area contributed by atoms with Gasteiger partial charge in [0, 0.05) is 12.3 Å². The number of hydrogen-bond donors (Lipinski definition) is 3. The van der Waals surface area contributed by atoms with Gasteiger partial charge in [0.25, 0.3) is 5.56 Å². The summed E-state index contributed by atoms with van der Waals surface area (Å²) in [7, 11) is 0. The zero-order valence-corrected chi connectivity index (χ0v) is 11.5. The molecular formula is C13H14F2N2O5. The first-order chi connectivity index (χ1) is 10.3. The third kappa shape index (κ3) is 2.68. The molecule has 1 fully saturated rings. The van der Waals surface area contributed by atoms with Crippen LogP contribution in [0.15, 0.2) is 21.9 Å². The highest BCUT2D eigenvalue weighted by atomic mass is 19.1. The lowest BCUT2D eigenvalue weighted by Gasteiger charge is -2.24. The Kier molecular flexibility index (Phi) is 4.46. The molecule has 0 bridgehead atoms. The van der Waals surface area contributed by atoms with E-state index in [1.165, 1.54) is 6.92 Å². The Bertz CT molecular complexity index is 719. The molecule has 2 rings (SSSR count). The highest BCUT2D eigenvalue weighted by Crippen LogP contribution is 2.41. The number of halogens is 2. The average Bonchev–Trinajstić information content (AvgIpc) is 2.70. The van der Waals surface area contributed by atoms with E-state index in [0.29, 0.717) is 4.57 Å². The van der Waals surface area contributed by atoms with E-state index in [2.05, 4.69) is 0 Å². The summed E-state index contributed by atoms with van der Waals surface area (Å²) in [5.41, 5.74) is -4.51. The summed E-state index contributed by atoms with van der Waals surface area (Å²) in [4.78, 5) is 24.7. The van der Waals surface area contributed by atoms with E-state index >= 15 is 4.39 Å². The van der Waals surface area contributed by atoms with Crippen molar-refractivity contribution in [1.82, 2.24) is 9.55 Å². The number of H-pyrrole nitrogens is 1. The lowest BCUT2D eigenvalue weighted by molar-refractivity contribution is -0.0803. The number of nitrogens with one attached hydrogen (secondary N) is 1. The molecule has 1 aliphatic rings. The molecule has 9 heteroatoms. The van der Waals surface area contributed by atoms with Gasteiger partial charge in [-0.25, -0.2) is 13.6 Å². The molecule has 1 aliphatic heterocycles. The molecule has 0 amide bonds. The van der Waals surface area contributed by atoms with Gasteiger partial charge in [0.1, 0.15) is 18.9 Å². The minimum absolute atomic E-state index is 0.680. The third-order valence-corrected chi connectivity index (χ3v) is 3.31. The fraction of sp³-hybridized carbons (Fsp3) is 0.538. The minimum Gasteiger partial charge on any atom is -0.391 e. The molecule has 0 aliphatic carbocycles. The van der Waals surface area contributed by atoms with Gasteiger partial charge in [-0.2, -0.15) is 0 Å². The fourth-order valence-electron chi connectivity index (χ4n) is 2.27. The first-order valence-corrected chi connectivity index (χ1v) is 6.39. The van der Waals surface area contributed by atoms with Crippen LogP contribution < -0.4 is 11.2 Å². The molecule has 7 nitrogen and oxygen atoms in total. The van der Waals surface area contributed by atoms with E-state index in [1.807, 2.05) is 16.8 Å². The minimum atomic E-state index is -2.82. The normalized spacial score (nSPS) is 32.3. The Morgan fingerprint density at radius 1 is 1.59 bits per heavy atom. The molecule has 0 spiro atoms. The van der Waals surface area contributed by atoms with Crippen molar-refractivity contribution >= 4 is 0 Å². The fourth-order valence-corrected chi connectivity index (χ4v) is 2.27. The summed E-state index contributed by atoms with van der Waals surface area (Å²) < 4.78 is 33.2. The number of aromatic amines is 1. The number of aromatic nitrogens is 2. The van der Waals surface area contributed by atoms with Gasteiger partial charge < -0.3 is 14.9 Å². The number of nitrogens with zero attached hydrogens (tertiary/aromatic N) is 1. The molecule has 1 unspecified atom stereocenters. The van der Waals surface area contributed by atoms with Gasteiger partial charge in [0.15, 0.2) is 6.23 Å². The molecule has 0 radical (unpaired) electrons. The van der Waals surface area contributed by atoms with Crippen molar-refractivity contribution in [1.29, 1.82) is 0 Å². The predicted molar refractivity (Wildman–Crippen MR) is 70.5 cm³/mol. The molecule has 1 saturated heterocycles. The number of ether oxygens (including phenoxy) is 1. The lowest BCUT2D eigenvalue weighted by Crippen LogP contribution is -2.46. The summed E-state index contributed by atoms with van der Waals surface area (Å²) in [6, 6.07) is 0.954. The smallest absolute Gasteiger partial charge is 0.330 e. The summed E-state index contributed by atoms with van der Waals surface area (Å²) in [6.07, 6.45) is -5.32. The Labute approximate surface area is 123 Å². The largest absolute Gasteiger partial charge is 0.391 e. The van der Waals surface area contributed by atoms with Crippen LogP contribution in [0.2, 0.25) is 0 Å². The van der Waals surface area contributed by atoms with Crippen LogP contribution in [0.3, 0.4) is 0 Å². The molecule has 0 aromatic carbocycles. The number of alkyl halides is 2. The van der Waals surface area contributed by atoms with Gasteiger partial charge in [0.2, 0.25) is 5.67 Å². The van der Waals surface area contributed by atoms with Crippen molar-refractivity contribution in [3.05, 3.63) is 33.1 Å². The van der Waals surface area contributed by atoms with Crippen LogP contribution in [0, 0.1) is 11.8 Å². The van der Waals surface area contributed by atoms with E-state index in [-0.39, 0.29) is 0 Å². The van der Waals surface area contributed by atoms with E-state index in [1.54, 1.807) is 0 Å². The van der Waals surface area contributed by atoms with Crippen LogP contribution in [0.1, 0.15) is 13.2 Å². The average molecular weight is 316 g/mol. The number of aliphatic hydroxyl groups excluding tert-OH is 2. The van der Waals surface area contributed by atoms with Crippen LogP contribution in [0.5, 0.6) is 0 Å². The molecule has 120 valence electrons. The van der Waals surface area contributed by atoms with E-state index in [9.17, 15) is 24.2 Å². The van der Waals surface area contributed by atoms with Crippen molar-refractivity contribution in [2.45, 2.75) is 37.1 Å². The van der Waals surface area contributed by atoms with E-state index < -0.39 is 48.1 Å². The van der Waals surface area contributed by atoms with Gasteiger partial charge in [0.05, 0.1) is 6.10 Å². The van der Waals surface area contributed by atoms with Crippen LogP contribution in [0.4, 0.5) is 8.78 Å². The van der Waals surface area contributed by atoms with Crippen molar-refractivity contribution in [3.63, 3.8) is 0 Å². The molecule has 1 aromatic heterocycles. The lowest BCUT2D eigenvalue weighted by atomic mass is 9.94. The Balaban J connectivity index is 2.55. The molecule has 1 aromatic rings. The van der Waals surface area contributed by atoms with E-state index in [0.717, 1.165) is 12.3 Å². The molecular weight excluding hydrogens is 302 g/mol. The highest BCUT2D eigenvalue weighted by molar-refractivity contribution is 5.23. The summed E-state index contributed by atoms with van der Waals surface area (Å²) in [5.74, 6) is 3.75. The Hall–Kier alpha value is -2.02. The molecule has 22 heavy (non-hydrogen) atoms. The van der Waals surface area contributed by atoms with Crippen molar-refractivity contribution < 1.29 is 23.7 Å². The predicted octanol–water partition coefficient (Wildman–Crippen LogP) is -1.14. The third-order valence-electron chi connectivity index (χ3n) is 3.31. The standard InChI is InChI=1S/C13H14F2N2O5/c1-7(18)9-10(20)13(15,4-2-5-14)11(22-9)17-6-3-8(19)16-12(17)21/h3,6-7,9-11,18,20H,5H2,1H3,(H,16,19,21)/t7-,9+,10?,11+,13+/m0/s1. The molecule has 2 heterocycles. The second kappa shape index (κ2) is 6.00. The van der Waals surface area contributed by atoms with Crippen LogP contribution in [0.25, 0.3) is 0 Å². The molecule has 5 atom stereocenters. The number of aliphatic hydroxyl groups is 2. The number of hydrogen-bond acceptors (Lipinski definition) is 5. The summed E-state index contributed by atoms with van der Waals surface area (Å²) >= 11 is 0. The van der Waals surface area contributed by atoms with Crippen LogP contribution in [-0.4, -0.2) is 50.4 Å². The second-order valence-electron chi connectivity index (χ2n) is 4.86. The maximum atomic E-state index is 15.1. The van der Waals surface area contributed by atoms with Gasteiger partial charge in [-0.05, 0) is 6.92 Å². The highest BCUT2D eigenvalue weighted by Gasteiger charge is 2.59. The second-order valence-corrected chi connectivity index (χ2v) is 4.86. The summed E-state index contributed by atoms with van der Waals surface area (Å²) in [5, 5.41) is 19.5. The zero-order valence-electron chi connectivity index (χ0n) is 11.5. The Morgan fingerprint density at radius 2 is 2.27 bits per heavy atom. The topological polar surface area (TPSA) is 105 Å². The first-order valence-electron chi connectivity index (χ1n) is 6.39. The van der Waals surface area contributed by atoms with Gasteiger partial charge in [-0.15, -0.1) is 0 Å². The van der Waals surface area contributed by atoms with Crippen molar-refractivity contribution in [3.8, 4) is 11.8 Å². The monoisotopic (exact) mass is 316 g/mol. The van der Waals surface area contributed by atoms with Crippen molar-refractivity contribution in [2.75, 3.05) is 6.67 Å². The SMILES string of the molecule is C[C@H](O)[C@H]1O[C@@H](n2ccc(=O)[nH]c2=O)[C@@](F)(C#CCF)C1O. The van der Waals surface area contributed by atoms with Crippen LogP contribution >= 0.6 is 0 Å². The molecule has 0 saturated carbocycles. The van der Waals surface area contributed by atoms with Gasteiger partial charge >= 0.3 is 5.69 Å².